The molecule has 0 spiro atoms. The molecule has 0 aromatic heterocycles. The van der Waals surface area contributed by atoms with Crippen LogP contribution in [0.3, 0.4) is 0 Å². The summed E-state index contributed by atoms with van der Waals surface area (Å²) >= 11 is 6.04. The number of phenols is 1. The number of likely N-dealkylation sites (tertiary alicyclic amines) is 1. The largest absolute Gasteiger partial charge is 0.507 e. The van der Waals surface area contributed by atoms with E-state index >= 15 is 0 Å². The number of nitrogens with zero attached hydrogens (tertiary/aromatic N) is 2. The summed E-state index contributed by atoms with van der Waals surface area (Å²) in [6, 6.07) is 9.03. The van der Waals surface area contributed by atoms with Crippen molar-refractivity contribution < 1.29 is 28.7 Å². The standard InChI is InChI=1S/C32H30ClFN2O5/c1-4-7-16-8-6-9-20(27(16)37)26-18-11-12-19-25(30(40)35(5-2)28(19)38)21(18)15-22-29(39)36(31(41)32(22,26)3)17-10-13-24(34)23(33)14-17/h4,6,8-11,13-14,19,21-22,25-26,37H,1,5,7,12,15H2,2-3H3/t19-,21+,22-,25-,26+,32+/m0/s1. The molecule has 7 nitrogen and oxygen atoms in total. The van der Waals surface area contributed by atoms with Crippen molar-refractivity contribution in [3.05, 3.63) is 82.7 Å². The van der Waals surface area contributed by atoms with E-state index in [1.165, 1.54) is 17.0 Å². The maximum atomic E-state index is 14.4. The van der Waals surface area contributed by atoms with Crippen LogP contribution in [0.2, 0.25) is 5.02 Å². The van der Waals surface area contributed by atoms with Crippen molar-refractivity contribution in [1.29, 1.82) is 0 Å². The second kappa shape index (κ2) is 9.65. The Kier molecular flexibility index (Phi) is 6.45. The molecule has 2 saturated heterocycles. The second-order valence-electron chi connectivity index (χ2n) is 11.5. The smallest absolute Gasteiger partial charge is 0.241 e. The molecule has 2 aromatic rings. The highest BCUT2D eigenvalue weighted by Crippen LogP contribution is 2.64. The van der Waals surface area contributed by atoms with Crippen LogP contribution in [-0.4, -0.2) is 40.2 Å². The number of hydrogen-bond donors (Lipinski definition) is 1. The molecule has 0 bridgehead atoms. The lowest BCUT2D eigenvalue weighted by Crippen LogP contribution is -2.49. The molecule has 4 amide bonds. The summed E-state index contributed by atoms with van der Waals surface area (Å²) in [5.41, 5.74) is 0.723. The minimum absolute atomic E-state index is 0.00795. The number of carbonyl (C=O) groups is 4. The van der Waals surface area contributed by atoms with E-state index in [-0.39, 0.29) is 41.2 Å². The highest BCUT2D eigenvalue weighted by atomic mass is 35.5. The molecule has 212 valence electrons. The molecule has 2 heterocycles. The third-order valence-corrected chi connectivity index (χ3v) is 9.96. The van der Waals surface area contributed by atoms with E-state index in [0.29, 0.717) is 24.0 Å². The molecule has 9 heteroatoms. The predicted molar refractivity (Wildman–Crippen MR) is 150 cm³/mol. The van der Waals surface area contributed by atoms with E-state index in [2.05, 4.69) is 6.58 Å². The number of para-hydroxylation sites is 1. The van der Waals surface area contributed by atoms with E-state index in [4.69, 9.17) is 11.6 Å². The minimum atomic E-state index is -1.33. The fourth-order valence-corrected chi connectivity index (χ4v) is 7.95. The first kappa shape index (κ1) is 27.4. The maximum Gasteiger partial charge on any atom is 0.241 e. The monoisotopic (exact) mass is 576 g/mol. The minimum Gasteiger partial charge on any atom is -0.507 e. The Hall–Kier alpha value is -3.78. The third-order valence-electron chi connectivity index (χ3n) is 9.67. The molecule has 2 aromatic carbocycles. The van der Waals surface area contributed by atoms with Gasteiger partial charge in [0.15, 0.2) is 0 Å². The van der Waals surface area contributed by atoms with Crippen molar-refractivity contribution >= 4 is 40.9 Å². The fraction of sp³-hybridized carbons (Fsp3) is 0.375. The zero-order chi connectivity index (χ0) is 29.4. The zero-order valence-corrected chi connectivity index (χ0v) is 23.5. The SMILES string of the molecule is C=CCc1cccc([C@H]2C3=CC[C@@H]4C(=O)N(CC)C(=O)[C@@H]4[C@@H]3C[C@H]3C(=O)N(c4ccc(F)c(Cl)c4)C(=O)[C@@]23C)c1O. The number of carbonyl (C=O) groups excluding carboxylic acids is 4. The topological polar surface area (TPSA) is 95.0 Å². The summed E-state index contributed by atoms with van der Waals surface area (Å²) in [5.74, 6) is -5.35. The van der Waals surface area contributed by atoms with Crippen LogP contribution < -0.4 is 4.90 Å². The summed E-state index contributed by atoms with van der Waals surface area (Å²) in [6.07, 6.45) is 4.53. The van der Waals surface area contributed by atoms with Crippen molar-refractivity contribution in [3.63, 3.8) is 0 Å². The van der Waals surface area contributed by atoms with Crippen LogP contribution in [0.25, 0.3) is 0 Å². The van der Waals surface area contributed by atoms with Crippen molar-refractivity contribution in [3.8, 4) is 5.75 Å². The number of allylic oxidation sites excluding steroid dienone is 3. The average Bonchev–Trinajstić information content (AvgIpc) is 3.31. The zero-order valence-electron chi connectivity index (χ0n) is 22.8. The summed E-state index contributed by atoms with van der Waals surface area (Å²) < 4.78 is 14.0. The summed E-state index contributed by atoms with van der Waals surface area (Å²) in [4.78, 5) is 57.6. The van der Waals surface area contributed by atoms with Gasteiger partial charge in [-0.2, -0.15) is 0 Å². The van der Waals surface area contributed by atoms with Crippen LogP contribution >= 0.6 is 11.6 Å². The van der Waals surface area contributed by atoms with Crippen LogP contribution in [0.4, 0.5) is 10.1 Å². The van der Waals surface area contributed by atoms with Gasteiger partial charge in [0, 0.05) is 18.0 Å². The summed E-state index contributed by atoms with van der Waals surface area (Å²) in [7, 11) is 0. The quantitative estimate of drug-likeness (QED) is 0.392. The second-order valence-corrected chi connectivity index (χ2v) is 11.9. The van der Waals surface area contributed by atoms with Gasteiger partial charge >= 0.3 is 0 Å². The molecule has 2 aliphatic heterocycles. The Morgan fingerprint density at radius 1 is 1.12 bits per heavy atom. The van der Waals surface area contributed by atoms with Gasteiger partial charge < -0.3 is 5.11 Å². The van der Waals surface area contributed by atoms with Gasteiger partial charge in [0.25, 0.3) is 0 Å². The first-order valence-electron chi connectivity index (χ1n) is 13.9. The van der Waals surface area contributed by atoms with Crippen molar-refractivity contribution in [2.24, 2.45) is 29.1 Å². The Bertz CT molecular complexity index is 1570. The molecule has 0 radical (unpaired) electrons. The lowest BCUT2D eigenvalue weighted by atomic mass is 9.51. The highest BCUT2D eigenvalue weighted by molar-refractivity contribution is 6.31. The van der Waals surface area contributed by atoms with Gasteiger partial charge in [-0.1, -0.05) is 47.5 Å². The van der Waals surface area contributed by atoms with Crippen LogP contribution in [0, 0.1) is 34.9 Å². The van der Waals surface area contributed by atoms with Gasteiger partial charge in [0.05, 0.1) is 33.9 Å². The number of fused-ring (bicyclic) bond motifs is 4. The van der Waals surface area contributed by atoms with Crippen molar-refractivity contribution in [2.75, 3.05) is 11.4 Å². The van der Waals surface area contributed by atoms with Crippen LogP contribution in [-0.2, 0) is 25.6 Å². The molecule has 6 atom stereocenters. The Balaban J connectivity index is 1.55. The van der Waals surface area contributed by atoms with Crippen molar-refractivity contribution in [1.82, 2.24) is 4.90 Å². The van der Waals surface area contributed by atoms with E-state index in [0.717, 1.165) is 16.5 Å². The van der Waals surface area contributed by atoms with E-state index in [1.807, 2.05) is 6.08 Å². The number of benzene rings is 2. The molecule has 41 heavy (non-hydrogen) atoms. The van der Waals surface area contributed by atoms with Gasteiger partial charge in [-0.25, -0.2) is 9.29 Å². The highest BCUT2D eigenvalue weighted by Gasteiger charge is 2.67. The normalized spacial score (nSPS) is 30.7. The number of rotatable bonds is 5. The molecule has 6 rings (SSSR count). The van der Waals surface area contributed by atoms with Gasteiger partial charge in [0.1, 0.15) is 11.6 Å². The van der Waals surface area contributed by atoms with E-state index < -0.39 is 52.6 Å². The fourth-order valence-electron chi connectivity index (χ4n) is 7.77. The van der Waals surface area contributed by atoms with Gasteiger partial charge in [0.2, 0.25) is 23.6 Å². The van der Waals surface area contributed by atoms with E-state index in [1.54, 1.807) is 38.1 Å². The number of imide groups is 2. The molecule has 0 unspecified atom stereocenters. The van der Waals surface area contributed by atoms with E-state index in [9.17, 15) is 28.7 Å². The third kappa shape index (κ3) is 3.69. The lowest BCUT2D eigenvalue weighted by Gasteiger charge is -2.49. The number of amides is 4. The maximum absolute atomic E-state index is 14.4. The number of hydrogen-bond acceptors (Lipinski definition) is 5. The first-order valence-corrected chi connectivity index (χ1v) is 14.2. The van der Waals surface area contributed by atoms with Gasteiger partial charge in [-0.05, 0) is 62.8 Å². The number of anilines is 1. The van der Waals surface area contributed by atoms with Crippen molar-refractivity contribution in [2.45, 2.75) is 39.0 Å². The number of phenolic OH excluding ortho intramolecular Hbond substituents is 1. The Morgan fingerprint density at radius 3 is 2.56 bits per heavy atom. The van der Waals surface area contributed by atoms with Crippen LogP contribution in [0.15, 0.2) is 60.7 Å². The Morgan fingerprint density at radius 2 is 1.88 bits per heavy atom. The lowest BCUT2D eigenvalue weighted by molar-refractivity contribution is -0.140. The average molecular weight is 577 g/mol. The molecule has 4 aliphatic rings. The molecule has 2 aliphatic carbocycles. The number of halogens is 2. The number of aromatic hydroxyl groups is 1. The summed E-state index contributed by atoms with van der Waals surface area (Å²) in [5, 5.41) is 11.3. The molecule has 1 N–H and O–H groups in total. The molecular weight excluding hydrogens is 547 g/mol. The predicted octanol–water partition coefficient (Wildman–Crippen LogP) is 5.16. The van der Waals surface area contributed by atoms with Crippen LogP contribution in [0.5, 0.6) is 5.75 Å². The Labute approximate surface area is 242 Å². The van der Waals surface area contributed by atoms with Gasteiger partial charge in [-0.3, -0.25) is 24.1 Å². The first-order chi connectivity index (χ1) is 19.6. The molecular formula is C32H30ClFN2O5. The molecule has 3 fully saturated rings. The van der Waals surface area contributed by atoms with Gasteiger partial charge in [-0.15, -0.1) is 6.58 Å². The molecule has 1 saturated carbocycles. The summed E-state index contributed by atoms with van der Waals surface area (Å²) in [6.45, 7) is 7.53. The van der Waals surface area contributed by atoms with Crippen LogP contribution in [0.1, 0.15) is 43.7 Å².